The van der Waals surface area contributed by atoms with Crippen molar-refractivity contribution in [2.45, 2.75) is 33.1 Å². The zero-order valence-electron chi connectivity index (χ0n) is 10.5. The van der Waals surface area contributed by atoms with E-state index in [9.17, 15) is 5.11 Å². The number of aromatic hydroxyl groups is 1. The van der Waals surface area contributed by atoms with Gasteiger partial charge in [-0.15, -0.1) is 0 Å². The maximum atomic E-state index is 9.64. The summed E-state index contributed by atoms with van der Waals surface area (Å²) >= 11 is 0. The molecule has 0 bridgehead atoms. The third kappa shape index (κ3) is 2.16. The molecule has 1 N–H and O–H groups in total. The van der Waals surface area contributed by atoms with Gasteiger partial charge in [-0.3, -0.25) is 0 Å². The van der Waals surface area contributed by atoms with Crippen molar-refractivity contribution < 1.29 is 9.63 Å². The smallest absolute Gasteiger partial charge is 0.258 e. The largest absolute Gasteiger partial charge is 0.508 e. The van der Waals surface area contributed by atoms with Crippen LogP contribution in [0.25, 0.3) is 11.5 Å². The molecule has 0 saturated heterocycles. The number of rotatable bonds is 1. The van der Waals surface area contributed by atoms with E-state index in [1.54, 1.807) is 12.1 Å². The maximum Gasteiger partial charge on any atom is 0.258 e. The summed E-state index contributed by atoms with van der Waals surface area (Å²) < 4.78 is 5.24. The molecule has 0 aliphatic rings. The summed E-state index contributed by atoms with van der Waals surface area (Å²) in [5.74, 6) is 1.34. The highest BCUT2D eigenvalue weighted by Crippen LogP contribution is 2.29. The van der Waals surface area contributed by atoms with Gasteiger partial charge in [0.25, 0.3) is 5.89 Å². The maximum absolute atomic E-state index is 9.64. The van der Waals surface area contributed by atoms with Gasteiger partial charge < -0.3 is 9.63 Å². The lowest BCUT2D eigenvalue weighted by atomic mass is 9.96. The van der Waals surface area contributed by atoms with Crippen LogP contribution >= 0.6 is 0 Å². The Bertz CT molecular complexity index is 539. The standard InChI is InChI=1S/C13H16N2O2/c1-8-9(6-5-7-10(8)16)11-14-12(15-17-11)13(2,3)4/h5-7,16H,1-4H3. The van der Waals surface area contributed by atoms with E-state index in [-0.39, 0.29) is 11.2 Å². The molecule has 0 aliphatic carbocycles. The Hall–Kier alpha value is -1.84. The highest BCUT2D eigenvalue weighted by atomic mass is 16.5. The zero-order valence-corrected chi connectivity index (χ0v) is 10.5. The lowest BCUT2D eigenvalue weighted by molar-refractivity contribution is 0.402. The van der Waals surface area contributed by atoms with Crippen LogP contribution < -0.4 is 0 Å². The number of phenols is 1. The van der Waals surface area contributed by atoms with Crippen molar-refractivity contribution in [3.63, 3.8) is 0 Å². The second kappa shape index (κ2) is 3.87. The van der Waals surface area contributed by atoms with E-state index in [4.69, 9.17) is 4.52 Å². The molecule has 0 radical (unpaired) electrons. The van der Waals surface area contributed by atoms with Crippen molar-refractivity contribution >= 4 is 0 Å². The van der Waals surface area contributed by atoms with Crippen molar-refractivity contribution in [1.82, 2.24) is 10.1 Å². The van der Waals surface area contributed by atoms with Crippen molar-refractivity contribution in [2.75, 3.05) is 0 Å². The zero-order chi connectivity index (χ0) is 12.6. The predicted molar refractivity (Wildman–Crippen MR) is 64.8 cm³/mol. The van der Waals surface area contributed by atoms with Crippen molar-refractivity contribution in [2.24, 2.45) is 0 Å². The van der Waals surface area contributed by atoms with Crippen molar-refractivity contribution in [3.8, 4) is 17.2 Å². The molecule has 2 aromatic rings. The third-order valence-corrected chi connectivity index (χ3v) is 2.63. The number of nitrogens with zero attached hydrogens (tertiary/aromatic N) is 2. The number of hydrogen-bond donors (Lipinski definition) is 1. The molecule has 4 heteroatoms. The Morgan fingerprint density at radius 3 is 2.53 bits per heavy atom. The number of aromatic nitrogens is 2. The van der Waals surface area contributed by atoms with Crippen LogP contribution in [-0.2, 0) is 5.41 Å². The molecule has 0 amide bonds. The molecule has 1 aromatic heterocycles. The highest BCUT2D eigenvalue weighted by molar-refractivity contribution is 5.61. The lowest BCUT2D eigenvalue weighted by Crippen LogP contribution is -2.13. The summed E-state index contributed by atoms with van der Waals surface area (Å²) in [6, 6.07) is 5.26. The van der Waals surface area contributed by atoms with Gasteiger partial charge in [0.2, 0.25) is 0 Å². The summed E-state index contributed by atoms with van der Waals surface area (Å²) in [5.41, 5.74) is 1.37. The Kier molecular flexibility index (Phi) is 2.65. The monoisotopic (exact) mass is 232 g/mol. The molecule has 1 aromatic carbocycles. The van der Waals surface area contributed by atoms with Gasteiger partial charge >= 0.3 is 0 Å². The van der Waals surface area contributed by atoms with E-state index in [0.29, 0.717) is 11.7 Å². The molecule has 17 heavy (non-hydrogen) atoms. The van der Waals surface area contributed by atoms with Crippen LogP contribution in [0.5, 0.6) is 5.75 Å². The van der Waals surface area contributed by atoms with Gasteiger partial charge in [0, 0.05) is 16.5 Å². The van der Waals surface area contributed by atoms with Gasteiger partial charge in [-0.1, -0.05) is 32.0 Å². The Morgan fingerprint density at radius 1 is 1.24 bits per heavy atom. The fourth-order valence-corrected chi connectivity index (χ4v) is 1.49. The minimum absolute atomic E-state index is 0.146. The first kappa shape index (κ1) is 11.6. The second-order valence-electron chi connectivity index (χ2n) is 5.12. The van der Waals surface area contributed by atoms with Gasteiger partial charge in [-0.05, 0) is 19.1 Å². The van der Waals surface area contributed by atoms with E-state index in [1.807, 2.05) is 33.8 Å². The molecule has 0 spiro atoms. The van der Waals surface area contributed by atoms with Gasteiger partial charge in [-0.2, -0.15) is 4.98 Å². The molecule has 1 heterocycles. The fraction of sp³-hybridized carbons (Fsp3) is 0.385. The van der Waals surface area contributed by atoms with Crippen LogP contribution in [0.2, 0.25) is 0 Å². The lowest BCUT2D eigenvalue weighted by Gasteiger charge is -2.10. The number of hydrogen-bond acceptors (Lipinski definition) is 4. The van der Waals surface area contributed by atoms with Crippen molar-refractivity contribution in [3.05, 3.63) is 29.6 Å². The first-order valence-corrected chi connectivity index (χ1v) is 5.53. The SMILES string of the molecule is Cc1c(O)cccc1-c1nc(C(C)(C)C)no1. The van der Waals surface area contributed by atoms with E-state index in [1.165, 1.54) is 0 Å². The molecule has 2 rings (SSSR count). The quantitative estimate of drug-likeness (QED) is 0.821. The highest BCUT2D eigenvalue weighted by Gasteiger charge is 2.22. The van der Waals surface area contributed by atoms with E-state index in [0.717, 1.165) is 11.1 Å². The molecule has 0 aliphatic heterocycles. The van der Waals surface area contributed by atoms with Crippen LogP contribution in [0, 0.1) is 6.92 Å². The van der Waals surface area contributed by atoms with E-state index < -0.39 is 0 Å². The molecule has 90 valence electrons. The number of phenolic OH excluding ortho intramolecular Hbond substituents is 1. The summed E-state index contributed by atoms with van der Waals surface area (Å²) in [7, 11) is 0. The average Bonchev–Trinajstić information content (AvgIpc) is 2.70. The summed E-state index contributed by atoms with van der Waals surface area (Å²) in [4.78, 5) is 4.36. The topological polar surface area (TPSA) is 59.2 Å². The average molecular weight is 232 g/mol. The Morgan fingerprint density at radius 2 is 1.94 bits per heavy atom. The van der Waals surface area contributed by atoms with Crippen LogP contribution in [0.4, 0.5) is 0 Å². The number of benzene rings is 1. The van der Waals surface area contributed by atoms with Crippen molar-refractivity contribution in [1.29, 1.82) is 0 Å². The van der Waals surface area contributed by atoms with Crippen LogP contribution in [0.15, 0.2) is 22.7 Å². The summed E-state index contributed by atoms with van der Waals surface area (Å²) in [5, 5.41) is 13.6. The minimum Gasteiger partial charge on any atom is -0.508 e. The van der Waals surface area contributed by atoms with E-state index >= 15 is 0 Å². The van der Waals surface area contributed by atoms with Gasteiger partial charge in [0.05, 0.1) is 0 Å². The van der Waals surface area contributed by atoms with Gasteiger partial charge in [0.1, 0.15) is 5.75 Å². The Balaban J connectivity index is 2.48. The molecular formula is C13H16N2O2. The normalized spacial score (nSPS) is 11.8. The molecular weight excluding hydrogens is 216 g/mol. The second-order valence-corrected chi connectivity index (χ2v) is 5.12. The predicted octanol–water partition coefficient (Wildman–Crippen LogP) is 3.05. The molecule has 4 nitrogen and oxygen atoms in total. The van der Waals surface area contributed by atoms with E-state index in [2.05, 4.69) is 10.1 Å². The van der Waals surface area contributed by atoms with Crippen LogP contribution in [-0.4, -0.2) is 15.2 Å². The molecule has 0 saturated carbocycles. The van der Waals surface area contributed by atoms with Gasteiger partial charge in [-0.25, -0.2) is 0 Å². The first-order valence-electron chi connectivity index (χ1n) is 5.53. The molecule has 0 unspecified atom stereocenters. The van der Waals surface area contributed by atoms with Crippen LogP contribution in [0.3, 0.4) is 0 Å². The molecule has 0 atom stereocenters. The van der Waals surface area contributed by atoms with Crippen LogP contribution in [0.1, 0.15) is 32.2 Å². The summed E-state index contributed by atoms with van der Waals surface area (Å²) in [6.45, 7) is 7.90. The third-order valence-electron chi connectivity index (χ3n) is 2.63. The first-order chi connectivity index (χ1) is 7.89. The minimum atomic E-state index is -0.146. The van der Waals surface area contributed by atoms with Gasteiger partial charge in [0.15, 0.2) is 5.82 Å². The fourth-order valence-electron chi connectivity index (χ4n) is 1.49. The molecule has 0 fully saturated rings. The Labute approximate surface area is 100 Å². The summed E-state index contributed by atoms with van der Waals surface area (Å²) in [6.07, 6.45) is 0.